The summed E-state index contributed by atoms with van der Waals surface area (Å²) in [5.74, 6) is -0.703. The number of benzene rings is 1. The Kier molecular flexibility index (Phi) is 5.88. The van der Waals surface area contributed by atoms with Crippen molar-refractivity contribution in [1.82, 2.24) is 4.90 Å². The summed E-state index contributed by atoms with van der Waals surface area (Å²) < 4.78 is 5.31. The Morgan fingerprint density at radius 3 is 2.83 bits per heavy atom. The maximum absolute atomic E-state index is 12.6. The molecular formula is C17H23ClN2O3. The summed E-state index contributed by atoms with van der Waals surface area (Å²) in [6.07, 6.45) is 3.25. The van der Waals surface area contributed by atoms with Gasteiger partial charge >= 0.3 is 5.97 Å². The van der Waals surface area contributed by atoms with Gasteiger partial charge in [-0.3, -0.25) is 4.79 Å². The highest BCUT2D eigenvalue weighted by atomic mass is 35.5. The number of likely N-dealkylation sites (tertiary alicyclic amines) is 1. The van der Waals surface area contributed by atoms with E-state index in [1.54, 1.807) is 6.92 Å². The van der Waals surface area contributed by atoms with Gasteiger partial charge in [-0.1, -0.05) is 18.5 Å². The van der Waals surface area contributed by atoms with Crippen LogP contribution in [0.25, 0.3) is 0 Å². The van der Waals surface area contributed by atoms with Crippen LogP contribution in [0.5, 0.6) is 0 Å². The molecule has 2 atom stereocenters. The van der Waals surface area contributed by atoms with Gasteiger partial charge in [0.1, 0.15) is 0 Å². The lowest BCUT2D eigenvalue weighted by molar-refractivity contribution is -0.143. The largest absolute Gasteiger partial charge is 0.449 e. The van der Waals surface area contributed by atoms with Crippen molar-refractivity contribution in [2.24, 2.45) is 0 Å². The van der Waals surface area contributed by atoms with E-state index in [1.165, 1.54) is 18.2 Å². The van der Waals surface area contributed by atoms with Crippen molar-refractivity contribution in [3.05, 3.63) is 28.8 Å². The molecule has 0 spiro atoms. The zero-order chi connectivity index (χ0) is 17.0. The van der Waals surface area contributed by atoms with Crippen molar-refractivity contribution in [2.75, 3.05) is 12.3 Å². The Labute approximate surface area is 141 Å². The van der Waals surface area contributed by atoms with Crippen molar-refractivity contribution in [3.63, 3.8) is 0 Å². The zero-order valence-electron chi connectivity index (χ0n) is 13.5. The van der Waals surface area contributed by atoms with Gasteiger partial charge in [-0.25, -0.2) is 4.79 Å². The lowest BCUT2D eigenvalue weighted by atomic mass is 9.99. The molecule has 1 heterocycles. The number of hydrogen-bond donors (Lipinski definition) is 1. The zero-order valence-corrected chi connectivity index (χ0v) is 14.3. The molecule has 23 heavy (non-hydrogen) atoms. The number of nitrogens with two attached hydrogens (primary N) is 1. The Hall–Kier alpha value is -1.75. The molecule has 6 heteroatoms. The predicted octanol–water partition coefficient (Wildman–Crippen LogP) is 3.26. The number of ether oxygens (including phenoxy) is 1. The van der Waals surface area contributed by atoms with Crippen LogP contribution in [0.4, 0.5) is 5.69 Å². The van der Waals surface area contributed by atoms with Crippen LogP contribution in [0.3, 0.4) is 0 Å². The number of carbonyl (C=O) groups excluding carboxylic acids is 2. The molecule has 0 saturated carbocycles. The molecule has 5 nitrogen and oxygen atoms in total. The number of esters is 1. The summed E-state index contributed by atoms with van der Waals surface area (Å²) in [5, 5.41) is 0.379. The van der Waals surface area contributed by atoms with E-state index in [0.717, 1.165) is 32.2 Å². The Balaban J connectivity index is 2.02. The number of piperidine rings is 1. The molecule has 0 aliphatic carbocycles. The Morgan fingerprint density at radius 2 is 2.17 bits per heavy atom. The van der Waals surface area contributed by atoms with Crippen LogP contribution in [0, 0.1) is 0 Å². The van der Waals surface area contributed by atoms with Crippen LogP contribution in [-0.4, -0.2) is 35.5 Å². The average Bonchev–Trinajstić information content (AvgIpc) is 2.56. The van der Waals surface area contributed by atoms with Crippen molar-refractivity contribution >= 4 is 29.2 Å². The molecule has 2 unspecified atom stereocenters. The van der Waals surface area contributed by atoms with E-state index in [4.69, 9.17) is 22.1 Å². The summed E-state index contributed by atoms with van der Waals surface area (Å²) in [6, 6.07) is 4.77. The maximum atomic E-state index is 12.6. The van der Waals surface area contributed by atoms with E-state index in [9.17, 15) is 9.59 Å². The van der Waals surface area contributed by atoms with Gasteiger partial charge in [-0.15, -0.1) is 0 Å². The molecule has 0 aromatic heterocycles. The lowest BCUT2D eigenvalue weighted by Gasteiger charge is -2.36. The predicted molar refractivity (Wildman–Crippen MR) is 90.4 cm³/mol. The van der Waals surface area contributed by atoms with Crippen LogP contribution < -0.4 is 5.73 Å². The molecule has 2 N–H and O–H groups in total. The molecule has 1 fully saturated rings. The third kappa shape index (κ3) is 4.16. The number of halogens is 1. The highest BCUT2D eigenvalue weighted by Crippen LogP contribution is 2.22. The van der Waals surface area contributed by atoms with E-state index in [1.807, 2.05) is 4.90 Å². The number of nitrogens with zero attached hydrogens (tertiary/aromatic N) is 1. The smallest absolute Gasteiger partial charge is 0.338 e. The monoisotopic (exact) mass is 338 g/mol. The Bertz CT molecular complexity index is 591. The molecule has 1 aliphatic rings. The molecule has 1 amide bonds. The van der Waals surface area contributed by atoms with Crippen molar-refractivity contribution in [3.8, 4) is 0 Å². The second-order valence-electron chi connectivity index (χ2n) is 5.87. The summed E-state index contributed by atoms with van der Waals surface area (Å²) in [6.45, 7) is 4.41. The first-order valence-corrected chi connectivity index (χ1v) is 8.38. The standard InChI is InChI=1S/C17H23ClN2O3/c1-3-13-6-4-5-9-20(13)16(21)11(2)23-17(22)12-7-8-14(18)15(19)10-12/h7-8,10-11,13H,3-6,9,19H2,1-2H3. The first-order chi connectivity index (χ1) is 10.9. The molecule has 1 aromatic carbocycles. The number of rotatable bonds is 4. The van der Waals surface area contributed by atoms with Gasteiger partial charge in [0.15, 0.2) is 6.10 Å². The summed E-state index contributed by atoms with van der Waals surface area (Å²) in [7, 11) is 0. The average molecular weight is 339 g/mol. The molecule has 126 valence electrons. The van der Waals surface area contributed by atoms with Gasteiger partial charge < -0.3 is 15.4 Å². The molecule has 1 aliphatic heterocycles. The highest BCUT2D eigenvalue weighted by molar-refractivity contribution is 6.33. The van der Waals surface area contributed by atoms with E-state index < -0.39 is 12.1 Å². The normalized spacial score (nSPS) is 19.3. The minimum absolute atomic E-state index is 0.133. The summed E-state index contributed by atoms with van der Waals surface area (Å²) >= 11 is 5.84. The fourth-order valence-corrected chi connectivity index (χ4v) is 3.02. The SMILES string of the molecule is CCC1CCCCN1C(=O)C(C)OC(=O)c1ccc(Cl)c(N)c1. The van der Waals surface area contributed by atoms with Gasteiger partial charge in [0.25, 0.3) is 5.91 Å². The summed E-state index contributed by atoms with van der Waals surface area (Å²) in [5.41, 5.74) is 6.28. The minimum Gasteiger partial charge on any atom is -0.449 e. The van der Waals surface area contributed by atoms with Crippen LogP contribution in [0.15, 0.2) is 18.2 Å². The van der Waals surface area contributed by atoms with Crippen molar-refractivity contribution in [1.29, 1.82) is 0 Å². The summed E-state index contributed by atoms with van der Waals surface area (Å²) in [4.78, 5) is 26.6. The third-order valence-corrected chi connectivity index (χ3v) is 4.59. The van der Waals surface area contributed by atoms with Gasteiger partial charge in [0, 0.05) is 12.6 Å². The number of nitrogen functional groups attached to an aromatic ring is 1. The van der Waals surface area contributed by atoms with Crippen molar-refractivity contribution in [2.45, 2.75) is 51.7 Å². The Morgan fingerprint density at radius 1 is 1.43 bits per heavy atom. The molecule has 2 rings (SSSR count). The topological polar surface area (TPSA) is 72.6 Å². The van der Waals surface area contributed by atoms with E-state index >= 15 is 0 Å². The minimum atomic E-state index is -0.813. The number of hydrogen-bond acceptors (Lipinski definition) is 4. The van der Waals surface area contributed by atoms with Gasteiger partial charge in [-0.2, -0.15) is 0 Å². The second kappa shape index (κ2) is 7.68. The van der Waals surface area contributed by atoms with Crippen LogP contribution in [0.1, 0.15) is 49.9 Å². The van der Waals surface area contributed by atoms with Crippen LogP contribution in [0.2, 0.25) is 5.02 Å². The fraction of sp³-hybridized carbons (Fsp3) is 0.529. The molecule has 1 aromatic rings. The molecule has 1 saturated heterocycles. The van der Waals surface area contributed by atoms with Crippen molar-refractivity contribution < 1.29 is 14.3 Å². The van der Waals surface area contributed by atoms with Gasteiger partial charge in [0.2, 0.25) is 0 Å². The molecule has 0 bridgehead atoms. The quantitative estimate of drug-likeness (QED) is 0.675. The van der Waals surface area contributed by atoms with E-state index in [0.29, 0.717) is 10.7 Å². The number of amides is 1. The van der Waals surface area contributed by atoms with Crippen LogP contribution in [-0.2, 0) is 9.53 Å². The fourth-order valence-electron chi connectivity index (χ4n) is 2.90. The number of carbonyl (C=O) groups is 2. The van der Waals surface area contributed by atoms with E-state index in [2.05, 4.69) is 6.92 Å². The highest BCUT2D eigenvalue weighted by Gasteiger charge is 2.30. The first kappa shape index (κ1) is 17.6. The van der Waals surface area contributed by atoms with E-state index in [-0.39, 0.29) is 17.5 Å². The molecular weight excluding hydrogens is 316 g/mol. The first-order valence-electron chi connectivity index (χ1n) is 8.00. The van der Waals surface area contributed by atoms with Gasteiger partial charge in [-0.05, 0) is 50.8 Å². The second-order valence-corrected chi connectivity index (χ2v) is 6.28. The number of anilines is 1. The lowest BCUT2D eigenvalue weighted by Crippen LogP contribution is -2.48. The van der Waals surface area contributed by atoms with Gasteiger partial charge in [0.05, 0.1) is 16.3 Å². The molecule has 0 radical (unpaired) electrons. The van der Waals surface area contributed by atoms with Crippen LogP contribution >= 0.6 is 11.6 Å². The third-order valence-electron chi connectivity index (χ3n) is 4.24. The maximum Gasteiger partial charge on any atom is 0.338 e.